The molecule has 3 rings (SSSR count). The number of nitrogen functional groups attached to an aromatic ring is 1. The van der Waals surface area contributed by atoms with Crippen LogP contribution in [0.1, 0.15) is 41.1 Å². The molecule has 0 unspecified atom stereocenters. The third-order valence-electron chi connectivity index (χ3n) is 4.12. The van der Waals surface area contributed by atoms with Gasteiger partial charge in [0.2, 0.25) is 11.1 Å². The predicted molar refractivity (Wildman–Crippen MR) is 101 cm³/mol. The summed E-state index contributed by atoms with van der Waals surface area (Å²) < 4.78 is 6.47. The molecule has 0 aliphatic heterocycles. The molecule has 10 heteroatoms. The topological polar surface area (TPSA) is 112 Å². The summed E-state index contributed by atoms with van der Waals surface area (Å²) in [5, 5.41) is 11.4. The van der Waals surface area contributed by atoms with Gasteiger partial charge in [-0.2, -0.15) is 0 Å². The van der Waals surface area contributed by atoms with Gasteiger partial charge < -0.3 is 15.9 Å². The van der Waals surface area contributed by atoms with Crippen LogP contribution in [0, 0.1) is 5.92 Å². The first-order valence-corrected chi connectivity index (χ1v) is 10.2. The number of ether oxygens (including phenoxy) is 1. The lowest BCUT2D eigenvalue weighted by Gasteiger charge is -2.18. The third-order valence-corrected chi connectivity index (χ3v) is 6.24. The molecule has 1 aliphatic rings. The monoisotopic (exact) mass is 395 g/mol. The number of aromatic nitrogens is 3. The van der Waals surface area contributed by atoms with Gasteiger partial charge in [0, 0.05) is 4.88 Å². The van der Waals surface area contributed by atoms with Crippen LogP contribution in [-0.4, -0.2) is 39.1 Å². The highest BCUT2D eigenvalue weighted by Crippen LogP contribution is 2.40. The molecule has 0 aromatic carbocycles. The highest BCUT2D eigenvalue weighted by Gasteiger charge is 2.29. The predicted octanol–water partition coefficient (Wildman–Crippen LogP) is 2.09. The fourth-order valence-corrected chi connectivity index (χ4v) is 4.93. The minimum absolute atomic E-state index is 0.122. The van der Waals surface area contributed by atoms with E-state index >= 15 is 0 Å². The number of carbonyl (C=O) groups is 2. The lowest BCUT2D eigenvalue weighted by atomic mass is 9.88. The van der Waals surface area contributed by atoms with Gasteiger partial charge in [0.15, 0.2) is 0 Å². The fourth-order valence-electron chi connectivity index (χ4n) is 2.89. The summed E-state index contributed by atoms with van der Waals surface area (Å²) in [5.41, 5.74) is 1.54. The van der Waals surface area contributed by atoms with Gasteiger partial charge in [0.1, 0.15) is 11.3 Å². The van der Waals surface area contributed by atoms with Crippen molar-refractivity contribution in [1.29, 1.82) is 0 Å². The number of esters is 1. The number of fused-ring (bicyclic) bond motifs is 1. The molecule has 1 atom stereocenters. The van der Waals surface area contributed by atoms with Crippen molar-refractivity contribution in [3.05, 3.63) is 22.3 Å². The molecule has 1 amide bonds. The molecule has 0 spiro atoms. The van der Waals surface area contributed by atoms with E-state index in [-0.39, 0.29) is 17.6 Å². The Balaban J connectivity index is 1.76. The molecule has 26 heavy (non-hydrogen) atoms. The molecule has 0 bridgehead atoms. The van der Waals surface area contributed by atoms with Crippen LogP contribution in [0.25, 0.3) is 0 Å². The maximum absolute atomic E-state index is 12.4. The number of hydrogen-bond acceptors (Lipinski definition) is 8. The summed E-state index contributed by atoms with van der Waals surface area (Å²) in [4.78, 5) is 26.0. The van der Waals surface area contributed by atoms with E-state index in [2.05, 4.69) is 22.4 Å². The molecule has 0 radical (unpaired) electrons. The van der Waals surface area contributed by atoms with Gasteiger partial charge in [-0.3, -0.25) is 4.79 Å². The molecule has 2 aromatic rings. The highest BCUT2D eigenvalue weighted by atomic mass is 32.2. The van der Waals surface area contributed by atoms with Crippen LogP contribution in [0.4, 0.5) is 5.00 Å². The van der Waals surface area contributed by atoms with Crippen LogP contribution in [0.15, 0.2) is 11.5 Å². The lowest BCUT2D eigenvalue weighted by molar-refractivity contribution is -0.113. The second kappa shape index (κ2) is 8.09. The van der Waals surface area contributed by atoms with Crippen molar-refractivity contribution in [1.82, 2.24) is 14.9 Å². The van der Waals surface area contributed by atoms with Crippen molar-refractivity contribution in [2.45, 2.75) is 38.3 Å². The van der Waals surface area contributed by atoms with Crippen LogP contribution >= 0.6 is 23.1 Å². The normalized spacial score (nSPS) is 16.2. The lowest BCUT2D eigenvalue weighted by Crippen LogP contribution is -2.18. The molecule has 3 N–H and O–H groups in total. The number of thiophene rings is 1. The van der Waals surface area contributed by atoms with Gasteiger partial charge in [-0.25, -0.2) is 9.47 Å². The Morgan fingerprint density at radius 1 is 1.54 bits per heavy atom. The van der Waals surface area contributed by atoms with Crippen molar-refractivity contribution < 1.29 is 14.3 Å². The number of anilines is 1. The van der Waals surface area contributed by atoms with Crippen LogP contribution in [0.2, 0.25) is 0 Å². The van der Waals surface area contributed by atoms with Gasteiger partial charge in [-0.05, 0) is 37.7 Å². The quantitative estimate of drug-likeness (QED) is 0.437. The number of carbonyl (C=O) groups excluding carboxylic acids is 2. The van der Waals surface area contributed by atoms with E-state index in [1.165, 1.54) is 34.1 Å². The van der Waals surface area contributed by atoms with Crippen molar-refractivity contribution in [2.75, 3.05) is 23.5 Å². The van der Waals surface area contributed by atoms with E-state index in [1.807, 2.05) is 0 Å². The minimum Gasteiger partial charge on any atom is -0.462 e. The smallest absolute Gasteiger partial charge is 0.341 e. The van der Waals surface area contributed by atoms with Gasteiger partial charge in [0.25, 0.3) is 0 Å². The zero-order valence-electron chi connectivity index (χ0n) is 14.7. The molecule has 0 saturated heterocycles. The molecule has 0 saturated carbocycles. The first-order chi connectivity index (χ1) is 12.5. The summed E-state index contributed by atoms with van der Waals surface area (Å²) in [7, 11) is 0. The summed E-state index contributed by atoms with van der Waals surface area (Å²) >= 11 is 2.66. The summed E-state index contributed by atoms with van der Waals surface area (Å²) in [6.45, 7) is 4.27. The van der Waals surface area contributed by atoms with Crippen LogP contribution < -0.4 is 11.2 Å². The summed E-state index contributed by atoms with van der Waals surface area (Å²) in [6.07, 6.45) is 4.16. The number of amides is 1. The number of nitrogens with one attached hydrogen (secondary N) is 1. The minimum atomic E-state index is -0.371. The Morgan fingerprint density at radius 3 is 3.04 bits per heavy atom. The van der Waals surface area contributed by atoms with E-state index in [0.717, 1.165) is 29.7 Å². The molecular formula is C16H21N5O3S2. The molecule has 2 aromatic heterocycles. The average molecular weight is 396 g/mol. The third kappa shape index (κ3) is 4.01. The summed E-state index contributed by atoms with van der Waals surface area (Å²) in [5.74, 6) is 5.74. The highest BCUT2D eigenvalue weighted by molar-refractivity contribution is 7.99. The Morgan fingerprint density at radius 2 is 2.35 bits per heavy atom. The fraction of sp³-hybridized carbons (Fsp3) is 0.500. The second-order valence-corrected chi connectivity index (χ2v) is 8.18. The molecule has 140 valence electrons. The van der Waals surface area contributed by atoms with Crippen molar-refractivity contribution in [3.63, 3.8) is 0 Å². The molecule has 1 aliphatic carbocycles. The Kier molecular flexibility index (Phi) is 5.82. The maximum Gasteiger partial charge on any atom is 0.341 e. The first kappa shape index (κ1) is 18.7. The molecule has 8 nitrogen and oxygen atoms in total. The summed E-state index contributed by atoms with van der Waals surface area (Å²) in [6, 6.07) is 0. The van der Waals surface area contributed by atoms with Crippen LogP contribution in [-0.2, 0) is 22.4 Å². The van der Waals surface area contributed by atoms with E-state index < -0.39 is 0 Å². The van der Waals surface area contributed by atoms with Gasteiger partial charge in [-0.1, -0.05) is 18.7 Å². The number of nitrogens with two attached hydrogens (primary N) is 1. The number of nitrogens with zero attached hydrogens (tertiary/aromatic N) is 3. The van der Waals surface area contributed by atoms with Gasteiger partial charge in [-0.15, -0.1) is 21.5 Å². The zero-order valence-corrected chi connectivity index (χ0v) is 16.3. The molecular weight excluding hydrogens is 374 g/mol. The number of rotatable bonds is 6. The van der Waals surface area contributed by atoms with Gasteiger partial charge in [0.05, 0.1) is 17.9 Å². The van der Waals surface area contributed by atoms with Crippen LogP contribution in [0.3, 0.4) is 0 Å². The van der Waals surface area contributed by atoms with Crippen molar-refractivity contribution >= 4 is 40.0 Å². The van der Waals surface area contributed by atoms with E-state index in [1.54, 1.807) is 6.92 Å². The molecule has 2 heterocycles. The SMILES string of the molecule is CCOC(=O)c1c(NC(=O)CSc2nncn2N)sc2c1CC[C@@H](C)C2. The van der Waals surface area contributed by atoms with E-state index in [0.29, 0.717) is 28.2 Å². The largest absolute Gasteiger partial charge is 0.462 e. The number of hydrogen-bond donors (Lipinski definition) is 2. The molecule has 0 fully saturated rings. The Bertz CT molecular complexity index is 817. The van der Waals surface area contributed by atoms with E-state index in [9.17, 15) is 9.59 Å². The van der Waals surface area contributed by atoms with E-state index in [4.69, 9.17) is 10.6 Å². The first-order valence-electron chi connectivity index (χ1n) is 8.39. The Hall–Kier alpha value is -2.07. The standard InChI is InChI=1S/C16H21N5O3S2/c1-3-24-15(23)13-10-5-4-9(2)6-11(10)26-14(13)19-12(22)7-25-16-20-18-8-21(16)17/h8-9H,3-7,17H2,1-2H3,(H,19,22)/t9-/m1/s1. The zero-order chi connectivity index (χ0) is 18.7. The maximum atomic E-state index is 12.4. The van der Waals surface area contributed by atoms with Gasteiger partial charge >= 0.3 is 5.97 Å². The van der Waals surface area contributed by atoms with Crippen LogP contribution in [0.5, 0.6) is 0 Å². The second-order valence-electron chi connectivity index (χ2n) is 6.13. The van der Waals surface area contributed by atoms with Crippen molar-refractivity contribution in [3.8, 4) is 0 Å². The average Bonchev–Trinajstić information content (AvgIpc) is 3.15. The number of thioether (sulfide) groups is 1. The Labute approximate surface area is 159 Å². The van der Waals surface area contributed by atoms with Crippen molar-refractivity contribution in [2.24, 2.45) is 5.92 Å².